The van der Waals surface area contributed by atoms with Gasteiger partial charge in [-0.05, 0) is 37.5 Å². The van der Waals surface area contributed by atoms with Crippen LogP contribution in [0.4, 0.5) is 5.69 Å². The number of carbonyl (C=O) groups excluding carboxylic acids is 1. The topological polar surface area (TPSA) is 29.5 Å². The summed E-state index contributed by atoms with van der Waals surface area (Å²) in [5, 5.41) is 1.88. The largest absolute Gasteiger partial charge is 0.291 e. The molecule has 124 valence electrons. The molecule has 3 nitrogen and oxygen atoms in total. The SMILES string of the molecule is CCC1(CC)ON(c2ccccc2)[C@]2(C)C(=O)c3ccccc3[C@H]12. The molecule has 0 saturated carbocycles. The number of anilines is 1. The Morgan fingerprint density at radius 1 is 1.00 bits per heavy atom. The first-order chi connectivity index (χ1) is 11.6. The van der Waals surface area contributed by atoms with E-state index in [4.69, 9.17) is 4.84 Å². The highest BCUT2D eigenvalue weighted by molar-refractivity contribution is 6.11. The van der Waals surface area contributed by atoms with E-state index in [0.717, 1.165) is 29.7 Å². The number of carbonyl (C=O) groups is 1. The lowest BCUT2D eigenvalue weighted by Crippen LogP contribution is -2.48. The second-order valence-electron chi connectivity index (χ2n) is 6.99. The smallest absolute Gasteiger partial charge is 0.191 e. The molecule has 24 heavy (non-hydrogen) atoms. The highest BCUT2D eigenvalue weighted by Gasteiger charge is 2.67. The lowest BCUT2D eigenvalue weighted by molar-refractivity contribution is -0.0286. The van der Waals surface area contributed by atoms with Gasteiger partial charge in [-0.2, -0.15) is 0 Å². The summed E-state index contributed by atoms with van der Waals surface area (Å²) in [5.74, 6) is 0.208. The first-order valence-corrected chi connectivity index (χ1v) is 8.76. The number of ketones is 1. The van der Waals surface area contributed by atoms with E-state index in [2.05, 4.69) is 19.9 Å². The van der Waals surface area contributed by atoms with Crippen LogP contribution >= 0.6 is 0 Å². The van der Waals surface area contributed by atoms with Crippen molar-refractivity contribution in [2.75, 3.05) is 5.06 Å². The van der Waals surface area contributed by atoms with Crippen molar-refractivity contribution < 1.29 is 9.63 Å². The molecule has 4 rings (SSSR count). The van der Waals surface area contributed by atoms with Gasteiger partial charge in [-0.3, -0.25) is 9.63 Å². The number of hydroxylamine groups is 1. The quantitative estimate of drug-likeness (QED) is 0.818. The van der Waals surface area contributed by atoms with E-state index >= 15 is 0 Å². The van der Waals surface area contributed by atoms with Crippen molar-refractivity contribution in [3.63, 3.8) is 0 Å². The molecular formula is C21H23NO2. The number of Topliss-reactive ketones (excluding diaryl/α,β-unsaturated/α-hetero) is 1. The van der Waals surface area contributed by atoms with E-state index in [1.54, 1.807) is 0 Å². The Labute approximate surface area is 143 Å². The van der Waals surface area contributed by atoms with E-state index in [1.807, 2.05) is 60.5 Å². The third-order valence-electron chi connectivity index (χ3n) is 5.95. The van der Waals surface area contributed by atoms with E-state index in [9.17, 15) is 4.79 Å². The number of benzene rings is 2. The maximum atomic E-state index is 13.4. The second-order valence-corrected chi connectivity index (χ2v) is 6.99. The summed E-state index contributed by atoms with van der Waals surface area (Å²) in [6.45, 7) is 6.35. The van der Waals surface area contributed by atoms with E-state index in [-0.39, 0.29) is 17.3 Å². The summed E-state index contributed by atoms with van der Waals surface area (Å²) in [6.07, 6.45) is 1.74. The molecule has 0 N–H and O–H groups in total. The molecule has 0 amide bonds. The van der Waals surface area contributed by atoms with Gasteiger partial charge in [-0.15, -0.1) is 0 Å². The fraction of sp³-hybridized carbons (Fsp3) is 0.381. The predicted octanol–water partition coefficient (Wildman–Crippen LogP) is 4.74. The van der Waals surface area contributed by atoms with Gasteiger partial charge in [0, 0.05) is 11.5 Å². The lowest BCUT2D eigenvalue weighted by Gasteiger charge is -2.32. The van der Waals surface area contributed by atoms with Crippen molar-refractivity contribution in [3.8, 4) is 0 Å². The lowest BCUT2D eigenvalue weighted by atomic mass is 9.72. The maximum Gasteiger partial charge on any atom is 0.191 e. The molecule has 2 aliphatic rings. The van der Waals surface area contributed by atoms with Crippen LogP contribution in [0, 0.1) is 0 Å². The Balaban J connectivity index is 1.96. The molecular weight excluding hydrogens is 298 g/mol. The maximum absolute atomic E-state index is 13.4. The molecule has 0 radical (unpaired) electrons. The number of nitrogens with zero attached hydrogens (tertiary/aromatic N) is 1. The second kappa shape index (κ2) is 5.18. The molecule has 0 bridgehead atoms. The zero-order valence-electron chi connectivity index (χ0n) is 14.5. The van der Waals surface area contributed by atoms with Crippen molar-refractivity contribution in [2.45, 2.75) is 50.7 Å². The van der Waals surface area contributed by atoms with Gasteiger partial charge >= 0.3 is 0 Å². The van der Waals surface area contributed by atoms with E-state index < -0.39 is 5.54 Å². The number of fused-ring (bicyclic) bond motifs is 3. The molecule has 1 aliphatic heterocycles. The average Bonchev–Trinajstić information content (AvgIpc) is 3.04. The highest BCUT2D eigenvalue weighted by atomic mass is 16.7. The Bertz CT molecular complexity index is 781. The molecule has 3 heteroatoms. The summed E-state index contributed by atoms with van der Waals surface area (Å²) in [4.78, 5) is 19.9. The first-order valence-electron chi connectivity index (χ1n) is 8.76. The van der Waals surface area contributed by atoms with Gasteiger partial charge in [0.25, 0.3) is 0 Å². The summed E-state index contributed by atoms with van der Waals surface area (Å²) in [5.41, 5.74) is 1.87. The molecule has 0 spiro atoms. The van der Waals surface area contributed by atoms with Crippen LogP contribution in [0.25, 0.3) is 0 Å². The Morgan fingerprint density at radius 2 is 1.62 bits per heavy atom. The minimum atomic E-state index is -0.697. The van der Waals surface area contributed by atoms with Crippen LogP contribution in [0.15, 0.2) is 54.6 Å². The molecule has 2 aromatic rings. The fourth-order valence-electron chi connectivity index (χ4n) is 4.67. The summed E-state index contributed by atoms with van der Waals surface area (Å²) in [6, 6.07) is 18.0. The summed E-state index contributed by atoms with van der Waals surface area (Å²) in [7, 11) is 0. The van der Waals surface area contributed by atoms with Crippen LogP contribution in [-0.2, 0) is 4.84 Å². The van der Waals surface area contributed by atoms with Crippen LogP contribution in [0.2, 0.25) is 0 Å². The van der Waals surface area contributed by atoms with Crippen LogP contribution in [0.1, 0.15) is 55.5 Å². The fourth-order valence-corrected chi connectivity index (χ4v) is 4.67. The molecule has 1 saturated heterocycles. The molecule has 1 fully saturated rings. The minimum Gasteiger partial charge on any atom is -0.291 e. The van der Waals surface area contributed by atoms with Crippen LogP contribution < -0.4 is 5.06 Å². The van der Waals surface area contributed by atoms with E-state index in [1.165, 1.54) is 0 Å². The van der Waals surface area contributed by atoms with Gasteiger partial charge < -0.3 is 0 Å². The van der Waals surface area contributed by atoms with Crippen molar-refractivity contribution in [1.29, 1.82) is 0 Å². The number of rotatable bonds is 3. The molecule has 0 unspecified atom stereocenters. The molecule has 1 heterocycles. The van der Waals surface area contributed by atoms with Gasteiger partial charge in [-0.1, -0.05) is 56.3 Å². The zero-order valence-corrected chi connectivity index (χ0v) is 14.5. The number of hydrogen-bond acceptors (Lipinski definition) is 3. The Hall–Kier alpha value is -2.13. The third kappa shape index (κ3) is 1.73. The molecule has 0 aromatic heterocycles. The first kappa shape index (κ1) is 15.4. The average molecular weight is 321 g/mol. The van der Waals surface area contributed by atoms with Crippen molar-refractivity contribution >= 4 is 11.5 Å². The monoisotopic (exact) mass is 321 g/mol. The third-order valence-corrected chi connectivity index (χ3v) is 5.95. The Morgan fingerprint density at radius 3 is 2.29 bits per heavy atom. The summed E-state index contributed by atoms with van der Waals surface area (Å²) < 4.78 is 0. The van der Waals surface area contributed by atoms with Gasteiger partial charge in [0.1, 0.15) is 11.1 Å². The molecule has 2 atom stereocenters. The number of para-hydroxylation sites is 1. The van der Waals surface area contributed by atoms with E-state index in [0.29, 0.717) is 0 Å². The Kier molecular flexibility index (Phi) is 3.33. The number of hydrogen-bond donors (Lipinski definition) is 0. The zero-order chi connectivity index (χ0) is 16.9. The van der Waals surface area contributed by atoms with Gasteiger partial charge in [0.2, 0.25) is 0 Å². The van der Waals surface area contributed by atoms with Gasteiger partial charge in [0.15, 0.2) is 5.78 Å². The van der Waals surface area contributed by atoms with Crippen molar-refractivity contribution in [2.24, 2.45) is 0 Å². The van der Waals surface area contributed by atoms with Gasteiger partial charge in [-0.25, -0.2) is 5.06 Å². The normalized spacial score (nSPS) is 27.2. The van der Waals surface area contributed by atoms with Crippen molar-refractivity contribution in [3.05, 3.63) is 65.7 Å². The predicted molar refractivity (Wildman–Crippen MR) is 95.2 cm³/mol. The minimum absolute atomic E-state index is 0.0453. The van der Waals surface area contributed by atoms with Gasteiger partial charge in [0.05, 0.1) is 5.69 Å². The molecule has 2 aromatic carbocycles. The van der Waals surface area contributed by atoms with Crippen LogP contribution in [0.5, 0.6) is 0 Å². The molecule has 1 aliphatic carbocycles. The standard InChI is InChI=1S/C21H23NO2/c1-4-21(5-2)18-16-13-9-10-14-17(16)19(23)20(18,3)22(24-21)15-11-7-6-8-12-15/h6-14,18H,4-5H2,1-3H3/t18-,20-/m0/s1. The van der Waals surface area contributed by atoms with Crippen LogP contribution in [-0.4, -0.2) is 16.9 Å². The highest BCUT2D eigenvalue weighted by Crippen LogP contribution is 2.59. The summed E-state index contributed by atoms with van der Waals surface area (Å²) >= 11 is 0. The van der Waals surface area contributed by atoms with Crippen LogP contribution in [0.3, 0.4) is 0 Å². The van der Waals surface area contributed by atoms with Crippen molar-refractivity contribution in [1.82, 2.24) is 0 Å².